The van der Waals surface area contributed by atoms with Crippen molar-refractivity contribution in [3.63, 3.8) is 0 Å². The highest BCUT2D eigenvalue weighted by atomic mass is 16.5. The number of benzene rings is 2. The van der Waals surface area contributed by atoms with Gasteiger partial charge in [-0.2, -0.15) is 0 Å². The van der Waals surface area contributed by atoms with Crippen molar-refractivity contribution in [2.45, 2.75) is 20.3 Å². The molecular weight excluding hydrogens is 368 g/mol. The van der Waals surface area contributed by atoms with Crippen LogP contribution in [-0.2, 0) is 9.59 Å². The molecule has 0 radical (unpaired) electrons. The molecule has 154 valence electrons. The number of para-hydroxylation sites is 1. The van der Waals surface area contributed by atoms with Gasteiger partial charge in [0.05, 0.1) is 0 Å². The Bertz CT molecular complexity index is 838. The number of carbonyl (C=O) groups excluding carboxylic acids is 2. The molecule has 0 bridgehead atoms. The largest absolute Gasteiger partial charge is 0.484 e. The predicted octanol–water partition coefficient (Wildman–Crippen LogP) is 2.82. The molecule has 6 heteroatoms. The summed E-state index contributed by atoms with van der Waals surface area (Å²) >= 11 is 0. The van der Waals surface area contributed by atoms with Crippen LogP contribution in [0.25, 0.3) is 0 Å². The van der Waals surface area contributed by atoms with Crippen LogP contribution < -0.4 is 9.47 Å². The van der Waals surface area contributed by atoms with E-state index in [0.29, 0.717) is 31.9 Å². The lowest BCUT2D eigenvalue weighted by Gasteiger charge is -2.22. The average Bonchev–Trinajstić information content (AvgIpc) is 2.98. The van der Waals surface area contributed by atoms with Crippen LogP contribution in [0.15, 0.2) is 48.5 Å². The number of amides is 2. The Morgan fingerprint density at radius 3 is 2.07 bits per heavy atom. The molecule has 1 aliphatic rings. The van der Waals surface area contributed by atoms with Gasteiger partial charge in [-0.25, -0.2) is 0 Å². The van der Waals surface area contributed by atoms with Crippen LogP contribution in [0.1, 0.15) is 17.5 Å². The molecule has 0 aliphatic carbocycles. The summed E-state index contributed by atoms with van der Waals surface area (Å²) < 4.78 is 11.3. The Balaban J connectivity index is 1.46. The minimum atomic E-state index is -0.0605. The van der Waals surface area contributed by atoms with Crippen LogP contribution >= 0.6 is 0 Å². The topological polar surface area (TPSA) is 59.1 Å². The number of ether oxygens (including phenoxy) is 2. The van der Waals surface area contributed by atoms with Crippen LogP contribution in [0.3, 0.4) is 0 Å². The molecule has 2 aromatic carbocycles. The summed E-state index contributed by atoms with van der Waals surface area (Å²) in [4.78, 5) is 28.5. The van der Waals surface area contributed by atoms with Crippen molar-refractivity contribution in [1.82, 2.24) is 9.80 Å². The first-order valence-corrected chi connectivity index (χ1v) is 9.96. The van der Waals surface area contributed by atoms with Crippen LogP contribution in [0.2, 0.25) is 0 Å². The molecule has 1 aliphatic heterocycles. The highest BCUT2D eigenvalue weighted by Gasteiger charge is 2.22. The van der Waals surface area contributed by atoms with Crippen molar-refractivity contribution in [3.05, 3.63) is 59.7 Å². The molecule has 0 aromatic heterocycles. The molecule has 0 spiro atoms. The smallest absolute Gasteiger partial charge is 0.260 e. The lowest BCUT2D eigenvalue weighted by atomic mass is 10.1. The highest BCUT2D eigenvalue weighted by Crippen LogP contribution is 2.19. The highest BCUT2D eigenvalue weighted by molar-refractivity contribution is 5.79. The van der Waals surface area contributed by atoms with E-state index in [0.717, 1.165) is 23.3 Å². The monoisotopic (exact) mass is 396 g/mol. The van der Waals surface area contributed by atoms with Crippen molar-refractivity contribution in [2.75, 3.05) is 39.4 Å². The minimum Gasteiger partial charge on any atom is -0.484 e. The fraction of sp³-hybridized carbons (Fsp3) is 0.391. The molecule has 2 amide bonds. The van der Waals surface area contributed by atoms with Crippen molar-refractivity contribution in [2.24, 2.45) is 0 Å². The Morgan fingerprint density at radius 1 is 0.828 bits per heavy atom. The molecule has 29 heavy (non-hydrogen) atoms. The summed E-state index contributed by atoms with van der Waals surface area (Å²) in [6.45, 7) is 6.27. The lowest BCUT2D eigenvalue weighted by Crippen LogP contribution is -2.40. The number of rotatable bonds is 6. The third-order valence-corrected chi connectivity index (χ3v) is 4.99. The van der Waals surface area contributed by atoms with Gasteiger partial charge >= 0.3 is 0 Å². The second kappa shape index (κ2) is 9.96. The predicted molar refractivity (Wildman–Crippen MR) is 111 cm³/mol. The first kappa shape index (κ1) is 20.7. The van der Waals surface area contributed by atoms with Gasteiger partial charge < -0.3 is 19.3 Å². The fourth-order valence-electron chi connectivity index (χ4n) is 3.36. The second-order valence-electron chi connectivity index (χ2n) is 7.27. The van der Waals surface area contributed by atoms with Gasteiger partial charge in [0.1, 0.15) is 11.5 Å². The first-order chi connectivity index (χ1) is 14.0. The van der Waals surface area contributed by atoms with E-state index in [9.17, 15) is 9.59 Å². The van der Waals surface area contributed by atoms with Crippen LogP contribution in [0.4, 0.5) is 0 Å². The third-order valence-electron chi connectivity index (χ3n) is 4.99. The number of nitrogens with zero attached hydrogens (tertiary/aromatic N) is 2. The standard InChI is InChI=1S/C23H28N2O4/c1-18-9-10-21(19(2)15-18)29-17-23(27)25-12-6-11-24(13-14-25)22(26)16-28-20-7-4-3-5-8-20/h3-5,7-10,15H,6,11-14,16-17H2,1-2H3. The molecule has 1 fully saturated rings. The van der Waals surface area contributed by atoms with Gasteiger partial charge in [-0.1, -0.05) is 35.9 Å². The van der Waals surface area contributed by atoms with Crippen molar-refractivity contribution in [3.8, 4) is 11.5 Å². The van der Waals surface area contributed by atoms with Crippen LogP contribution in [-0.4, -0.2) is 61.0 Å². The SMILES string of the molecule is Cc1ccc(OCC(=O)N2CCCN(C(=O)COc3ccccc3)CC2)c(C)c1. The zero-order valence-electron chi connectivity index (χ0n) is 17.1. The molecule has 6 nitrogen and oxygen atoms in total. The Kier molecular flexibility index (Phi) is 7.11. The number of aryl methyl sites for hydroxylation is 2. The second-order valence-corrected chi connectivity index (χ2v) is 7.27. The Hall–Kier alpha value is -3.02. The molecule has 2 aromatic rings. The van der Waals surface area contributed by atoms with Crippen LogP contribution in [0.5, 0.6) is 11.5 Å². The number of hydrogen-bond donors (Lipinski definition) is 0. The first-order valence-electron chi connectivity index (χ1n) is 9.96. The van der Waals surface area contributed by atoms with Gasteiger partial charge in [0.15, 0.2) is 13.2 Å². The van der Waals surface area contributed by atoms with E-state index >= 15 is 0 Å². The number of carbonyl (C=O) groups is 2. The van der Waals surface area contributed by atoms with E-state index in [-0.39, 0.29) is 25.0 Å². The van der Waals surface area contributed by atoms with Gasteiger partial charge in [0.2, 0.25) is 0 Å². The minimum absolute atomic E-state index is 0.00771. The summed E-state index contributed by atoms with van der Waals surface area (Å²) in [5.74, 6) is 1.29. The zero-order valence-corrected chi connectivity index (χ0v) is 17.1. The quantitative estimate of drug-likeness (QED) is 0.753. The Labute approximate surface area is 172 Å². The number of hydrogen-bond acceptors (Lipinski definition) is 4. The fourth-order valence-corrected chi connectivity index (χ4v) is 3.36. The Morgan fingerprint density at radius 2 is 1.45 bits per heavy atom. The van der Waals surface area contributed by atoms with Gasteiger partial charge in [0.25, 0.3) is 11.8 Å². The van der Waals surface area contributed by atoms with Gasteiger partial charge in [-0.3, -0.25) is 9.59 Å². The molecule has 0 saturated carbocycles. The van der Waals surface area contributed by atoms with E-state index in [4.69, 9.17) is 9.47 Å². The maximum Gasteiger partial charge on any atom is 0.260 e. The van der Waals surface area contributed by atoms with Crippen LogP contribution in [0, 0.1) is 13.8 Å². The normalized spacial score (nSPS) is 14.3. The summed E-state index contributed by atoms with van der Waals surface area (Å²) in [7, 11) is 0. The summed E-state index contributed by atoms with van der Waals surface area (Å²) in [6.07, 6.45) is 0.742. The van der Waals surface area contributed by atoms with E-state index < -0.39 is 0 Å². The van der Waals surface area contributed by atoms with E-state index in [2.05, 4.69) is 0 Å². The third kappa shape index (κ3) is 5.98. The van der Waals surface area contributed by atoms with Crippen molar-refractivity contribution >= 4 is 11.8 Å². The maximum absolute atomic E-state index is 12.6. The van der Waals surface area contributed by atoms with E-state index in [1.54, 1.807) is 9.80 Å². The maximum atomic E-state index is 12.6. The summed E-state index contributed by atoms with van der Waals surface area (Å²) in [6, 6.07) is 15.2. The molecule has 1 saturated heterocycles. The van der Waals surface area contributed by atoms with Gasteiger partial charge in [-0.15, -0.1) is 0 Å². The molecule has 0 unspecified atom stereocenters. The lowest BCUT2D eigenvalue weighted by molar-refractivity contribution is -0.135. The molecule has 3 rings (SSSR count). The van der Waals surface area contributed by atoms with E-state index in [1.165, 1.54) is 0 Å². The van der Waals surface area contributed by atoms with Gasteiger partial charge in [0, 0.05) is 26.2 Å². The van der Waals surface area contributed by atoms with Gasteiger partial charge in [-0.05, 0) is 44.0 Å². The van der Waals surface area contributed by atoms with Crippen molar-refractivity contribution < 1.29 is 19.1 Å². The summed E-state index contributed by atoms with van der Waals surface area (Å²) in [5.41, 5.74) is 2.18. The molecular formula is C23H28N2O4. The average molecular weight is 396 g/mol. The molecule has 0 N–H and O–H groups in total. The zero-order chi connectivity index (χ0) is 20.6. The summed E-state index contributed by atoms with van der Waals surface area (Å²) in [5, 5.41) is 0. The molecule has 1 heterocycles. The molecule has 0 atom stereocenters. The van der Waals surface area contributed by atoms with E-state index in [1.807, 2.05) is 62.4 Å². The van der Waals surface area contributed by atoms with Crippen molar-refractivity contribution in [1.29, 1.82) is 0 Å².